The van der Waals surface area contributed by atoms with E-state index in [4.69, 9.17) is 4.74 Å². The molecule has 1 atom stereocenters. The smallest absolute Gasteiger partial charge is 0.202 e. The van der Waals surface area contributed by atoms with Crippen LogP contribution in [0.15, 0.2) is 12.4 Å². The van der Waals surface area contributed by atoms with E-state index in [1.54, 1.807) is 0 Å². The Kier molecular flexibility index (Phi) is 7.49. The zero-order valence-electron chi connectivity index (χ0n) is 12.0. The van der Waals surface area contributed by atoms with E-state index in [1.165, 1.54) is 19.3 Å². The molecule has 0 bridgehead atoms. The molecule has 1 aromatic heterocycles. The minimum Gasteiger partial charge on any atom is -0.382 e. The van der Waals surface area contributed by atoms with Crippen molar-refractivity contribution in [3.8, 4) is 0 Å². The van der Waals surface area contributed by atoms with Crippen LogP contribution in [0.4, 0.5) is 5.95 Å². The first-order valence-corrected chi connectivity index (χ1v) is 7.13. The number of hydrogen-bond acceptors (Lipinski definition) is 3. The number of nitrogens with zero attached hydrogens (tertiary/aromatic N) is 2. The number of imidazole rings is 1. The van der Waals surface area contributed by atoms with Crippen molar-refractivity contribution in [2.75, 3.05) is 18.5 Å². The minimum atomic E-state index is 0.484. The maximum absolute atomic E-state index is 5.35. The predicted octanol–water partition coefficient (Wildman–Crippen LogP) is 3.30. The van der Waals surface area contributed by atoms with Crippen molar-refractivity contribution >= 4 is 5.95 Å². The lowest BCUT2D eigenvalue weighted by molar-refractivity contribution is 0.142. The van der Waals surface area contributed by atoms with E-state index in [0.29, 0.717) is 6.04 Å². The first kappa shape index (κ1) is 15.0. The molecule has 18 heavy (non-hydrogen) atoms. The quantitative estimate of drug-likeness (QED) is 0.650. The van der Waals surface area contributed by atoms with Crippen molar-refractivity contribution in [1.29, 1.82) is 0 Å². The van der Waals surface area contributed by atoms with Gasteiger partial charge in [-0.3, -0.25) is 0 Å². The molecular formula is C14H27N3O. The summed E-state index contributed by atoms with van der Waals surface area (Å²) in [6, 6.07) is 0.484. The van der Waals surface area contributed by atoms with E-state index in [1.807, 2.05) is 19.3 Å². The van der Waals surface area contributed by atoms with Crippen LogP contribution < -0.4 is 5.32 Å². The number of nitrogens with one attached hydrogen (secondary N) is 1. The van der Waals surface area contributed by atoms with Crippen LogP contribution in [0, 0.1) is 0 Å². The summed E-state index contributed by atoms with van der Waals surface area (Å²) in [6.07, 6.45) is 8.62. The molecule has 0 fully saturated rings. The van der Waals surface area contributed by atoms with Gasteiger partial charge in [-0.25, -0.2) is 4.98 Å². The molecule has 1 heterocycles. The molecule has 1 rings (SSSR count). The topological polar surface area (TPSA) is 39.1 Å². The normalized spacial score (nSPS) is 12.6. The van der Waals surface area contributed by atoms with Gasteiger partial charge in [0.15, 0.2) is 0 Å². The number of aryl methyl sites for hydroxylation is 1. The number of unbranched alkanes of at least 4 members (excludes halogenated alkanes) is 1. The Balaban J connectivity index is 2.34. The zero-order chi connectivity index (χ0) is 13.2. The van der Waals surface area contributed by atoms with Crippen LogP contribution in [0.25, 0.3) is 0 Å². The fourth-order valence-corrected chi connectivity index (χ4v) is 1.91. The van der Waals surface area contributed by atoms with Crippen LogP contribution in [-0.4, -0.2) is 28.8 Å². The summed E-state index contributed by atoms with van der Waals surface area (Å²) >= 11 is 0. The highest BCUT2D eigenvalue weighted by molar-refractivity contribution is 5.27. The molecule has 1 aromatic rings. The van der Waals surface area contributed by atoms with Crippen LogP contribution in [0.3, 0.4) is 0 Å². The third-order valence-electron chi connectivity index (χ3n) is 2.97. The Bertz CT molecular complexity index is 312. The molecule has 0 spiro atoms. The molecule has 4 nitrogen and oxygen atoms in total. The SMILES string of the molecule is CCCCC(C)Nc1nccn1CCCOCC. The molecule has 1 N–H and O–H groups in total. The lowest BCUT2D eigenvalue weighted by Crippen LogP contribution is -2.18. The Morgan fingerprint density at radius 2 is 2.22 bits per heavy atom. The van der Waals surface area contributed by atoms with Crippen molar-refractivity contribution < 1.29 is 4.74 Å². The summed E-state index contributed by atoms with van der Waals surface area (Å²) in [6.45, 7) is 9.04. The Morgan fingerprint density at radius 3 is 2.94 bits per heavy atom. The van der Waals surface area contributed by atoms with Crippen LogP contribution >= 0.6 is 0 Å². The summed E-state index contributed by atoms with van der Waals surface area (Å²) in [5.74, 6) is 0.982. The van der Waals surface area contributed by atoms with Crippen molar-refractivity contribution in [3.63, 3.8) is 0 Å². The van der Waals surface area contributed by atoms with E-state index in [9.17, 15) is 0 Å². The van der Waals surface area contributed by atoms with Gasteiger partial charge in [-0.1, -0.05) is 19.8 Å². The average Bonchev–Trinajstić information content (AvgIpc) is 2.79. The summed E-state index contributed by atoms with van der Waals surface area (Å²) in [4.78, 5) is 4.37. The van der Waals surface area contributed by atoms with Crippen LogP contribution in [-0.2, 0) is 11.3 Å². The summed E-state index contributed by atoms with van der Waals surface area (Å²) in [5, 5.41) is 3.48. The maximum atomic E-state index is 5.35. The lowest BCUT2D eigenvalue weighted by atomic mass is 10.1. The van der Waals surface area contributed by atoms with Gasteiger partial charge in [-0.2, -0.15) is 0 Å². The van der Waals surface area contributed by atoms with Crippen LogP contribution in [0.5, 0.6) is 0 Å². The second kappa shape index (κ2) is 8.97. The van der Waals surface area contributed by atoms with Gasteiger partial charge < -0.3 is 14.6 Å². The van der Waals surface area contributed by atoms with E-state index in [0.717, 1.165) is 32.1 Å². The van der Waals surface area contributed by atoms with Gasteiger partial charge in [0, 0.05) is 38.2 Å². The number of ether oxygens (including phenoxy) is 1. The van der Waals surface area contributed by atoms with Crippen molar-refractivity contribution in [2.45, 2.75) is 59.0 Å². The van der Waals surface area contributed by atoms with E-state index >= 15 is 0 Å². The van der Waals surface area contributed by atoms with Gasteiger partial charge in [-0.15, -0.1) is 0 Å². The van der Waals surface area contributed by atoms with Crippen LogP contribution in [0.1, 0.15) is 46.5 Å². The predicted molar refractivity (Wildman–Crippen MR) is 75.9 cm³/mol. The number of hydrogen-bond donors (Lipinski definition) is 1. The molecular weight excluding hydrogens is 226 g/mol. The van der Waals surface area contributed by atoms with Crippen LogP contribution in [0.2, 0.25) is 0 Å². The third-order valence-corrected chi connectivity index (χ3v) is 2.97. The van der Waals surface area contributed by atoms with Gasteiger partial charge in [-0.05, 0) is 26.7 Å². The van der Waals surface area contributed by atoms with Crippen molar-refractivity contribution in [3.05, 3.63) is 12.4 Å². The summed E-state index contributed by atoms with van der Waals surface area (Å²) in [5.41, 5.74) is 0. The molecule has 0 saturated carbocycles. The van der Waals surface area contributed by atoms with E-state index in [2.05, 4.69) is 28.7 Å². The summed E-state index contributed by atoms with van der Waals surface area (Å²) < 4.78 is 7.52. The Hall–Kier alpha value is -1.03. The Morgan fingerprint density at radius 1 is 1.39 bits per heavy atom. The average molecular weight is 253 g/mol. The fraction of sp³-hybridized carbons (Fsp3) is 0.786. The highest BCUT2D eigenvalue weighted by Gasteiger charge is 2.06. The van der Waals surface area contributed by atoms with Crippen molar-refractivity contribution in [2.24, 2.45) is 0 Å². The molecule has 0 aliphatic rings. The van der Waals surface area contributed by atoms with Gasteiger partial charge in [0.2, 0.25) is 5.95 Å². The molecule has 104 valence electrons. The van der Waals surface area contributed by atoms with E-state index < -0.39 is 0 Å². The number of rotatable bonds is 10. The second-order valence-corrected chi connectivity index (χ2v) is 4.68. The largest absolute Gasteiger partial charge is 0.382 e. The molecule has 0 aliphatic carbocycles. The van der Waals surface area contributed by atoms with Crippen molar-refractivity contribution in [1.82, 2.24) is 9.55 Å². The van der Waals surface area contributed by atoms with Gasteiger partial charge in [0.1, 0.15) is 0 Å². The first-order chi connectivity index (χ1) is 8.77. The van der Waals surface area contributed by atoms with Gasteiger partial charge >= 0.3 is 0 Å². The maximum Gasteiger partial charge on any atom is 0.202 e. The molecule has 0 radical (unpaired) electrons. The molecule has 0 aromatic carbocycles. The zero-order valence-corrected chi connectivity index (χ0v) is 12.0. The highest BCUT2D eigenvalue weighted by Crippen LogP contribution is 2.10. The molecule has 1 unspecified atom stereocenters. The van der Waals surface area contributed by atoms with E-state index in [-0.39, 0.29) is 0 Å². The molecule has 0 amide bonds. The molecule has 0 aliphatic heterocycles. The third kappa shape index (κ3) is 5.54. The second-order valence-electron chi connectivity index (χ2n) is 4.68. The summed E-state index contributed by atoms with van der Waals surface area (Å²) in [7, 11) is 0. The number of aromatic nitrogens is 2. The first-order valence-electron chi connectivity index (χ1n) is 7.13. The highest BCUT2D eigenvalue weighted by atomic mass is 16.5. The monoisotopic (exact) mass is 253 g/mol. The fourth-order valence-electron chi connectivity index (χ4n) is 1.91. The van der Waals surface area contributed by atoms with Gasteiger partial charge in [0.05, 0.1) is 0 Å². The standard InChI is InChI=1S/C14H27N3O/c1-4-6-8-13(3)16-14-15-9-11-17(14)10-7-12-18-5-2/h9,11,13H,4-8,10,12H2,1-3H3,(H,15,16). The Labute approximate surface area is 111 Å². The lowest BCUT2D eigenvalue weighted by Gasteiger charge is -2.15. The number of anilines is 1. The van der Waals surface area contributed by atoms with Gasteiger partial charge in [0.25, 0.3) is 0 Å². The molecule has 0 saturated heterocycles. The molecule has 4 heteroatoms. The minimum absolute atomic E-state index is 0.484.